The fourth-order valence-electron chi connectivity index (χ4n) is 10.1. The van der Waals surface area contributed by atoms with E-state index in [0.29, 0.717) is 11.1 Å². The van der Waals surface area contributed by atoms with Crippen LogP contribution in [-0.2, 0) is 39.2 Å². The summed E-state index contributed by atoms with van der Waals surface area (Å²) in [6.45, 7) is 11.6. The molecule has 376 valence electrons. The third-order valence-corrected chi connectivity index (χ3v) is 25.2. The van der Waals surface area contributed by atoms with Crippen LogP contribution >= 0.6 is 6.72 Å². The van der Waals surface area contributed by atoms with E-state index in [1.807, 2.05) is 72.8 Å². The molecule has 15 nitrogen and oxygen atoms in total. The molecule has 0 saturated carbocycles. The first-order valence-electron chi connectivity index (χ1n) is 23.8. The normalized spacial score (nSPS) is 21.8. The van der Waals surface area contributed by atoms with Gasteiger partial charge in [0.15, 0.2) is 0 Å². The summed E-state index contributed by atoms with van der Waals surface area (Å²) in [7, 11) is -6.38. The number of benzene rings is 4. The predicted molar refractivity (Wildman–Crippen MR) is 283 cm³/mol. The number of nitrogens with one attached hydrogen (secondary N) is 2. The van der Waals surface area contributed by atoms with Gasteiger partial charge in [-0.05, 0) is 56.5 Å². The van der Waals surface area contributed by atoms with Crippen molar-refractivity contribution in [2.24, 2.45) is 0 Å². The molecular formula is C52H63N4O11PSSi2. The van der Waals surface area contributed by atoms with E-state index >= 15 is 0 Å². The smallest absolute Gasteiger partial charge is 0.330 e. The summed E-state index contributed by atoms with van der Waals surface area (Å²) in [6.07, 6.45) is -2.16. The maximum absolute atomic E-state index is 13.4. The Labute approximate surface area is 420 Å². The number of nitrogens with zero attached hydrogens (tertiary/aromatic N) is 2. The second-order valence-electron chi connectivity index (χ2n) is 20.4. The Balaban J connectivity index is 1.13. The molecule has 0 amide bonds. The minimum Gasteiger partial charge on any atom is -0.405 e. The summed E-state index contributed by atoms with van der Waals surface area (Å²) in [5.41, 5.74) is -1.72. The number of H-pyrrole nitrogens is 2. The highest BCUT2D eigenvalue weighted by molar-refractivity contribution is 8.07. The van der Waals surface area contributed by atoms with Crippen molar-refractivity contribution in [3.05, 3.63) is 187 Å². The lowest BCUT2D eigenvalue weighted by molar-refractivity contribution is -0.0503. The van der Waals surface area contributed by atoms with Crippen LogP contribution in [0.15, 0.2) is 153 Å². The average Bonchev–Trinajstić information content (AvgIpc) is 3.93. The van der Waals surface area contributed by atoms with Gasteiger partial charge < -0.3 is 32.3 Å². The van der Waals surface area contributed by atoms with Crippen molar-refractivity contribution in [3.8, 4) is 0 Å². The minimum absolute atomic E-state index is 0.0178. The maximum Gasteiger partial charge on any atom is 0.330 e. The number of aryl methyl sites for hydroxylation is 2. The first-order chi connectivity index (χ1) is 33.6. The van der Waals surface area contributed by atoms with E-state index in [2.05, 4.69) is 100 Å². The molecule has 0 radical (unpaired) electrons. The number of aromatic amines is 2. The van der Waals surface area contributed by atoms with E-state index < -0.39 is 92.8 Å². The zero-order valence-electron chi connectivity index (χ0n) is 41.3. The van der Waals surface area contributed by atoms with Crippen molar-refractivity contribution < 1.29 is 32.3 Å². The molecule has 2 saturated heterocycles. The number of ether oxygens (including phenoxy) is 2. The summed E-state index contributed by atoms with van der Waals surface area (Å²) >= 11 is 5.83. The van der Waals surface area contributed by atoms with Crippen LogP contribution < -0.4 is 43.2 Å². The molecule has 0 unspecified atom stereocenters. The molecule has 2 aliphatic heterocycles. The lowest BCUT2D eigenvalue weighted by Gasteiger charge is -2.45. The quantitative estimate of drug-likeness (QED) is 0.0828. The number of aromatic nitrogens is 4. The summed E-state index contributed by atoms with van der Waals surface area (Å²) in [4.78, 5) is 68.5. The first-order valence-corrected chi connectivity index (χ1v) is 30.2. The number of hydrogen-bond donors (Lipinski definition) is 3. The molecular weight excluding hydrogens is 976 g/mol. The van der Waals surface area contributed by atoms with E-state index in [-0.39, 0.29) is 26.1 Å². The minimum atomic E-state index is -4.21. The Morgan fingerprint density at radius 3 is 1.37 bits per heavy atom. The third kappa shape index (κ3) is 10.8. The monoisotopic (exact) mass is 1040 g/mol. The summed E-state index contributed by atoms with van der Waals surface area (Å²) < 4.78 is 43.6. The molecule has 0 spiro atoms. The van der Waals surface area contributed by atoms with Crippen LogP contribution in [0, 0.1) is 13.8 Å². The van der Waals surface area contributed by atoms with Gasteiger partial charge in [-0.3, -0.25) is 28.7 Å². The fraction of sp³-hybridized carbons (Fsp3) is 0.385. The lowest BCUT2D eigenvalue weighted by atomic mass is 10.2. The van der Waals surface area contributed by atoms with Gasteiger partial charge in [-0.1, -0.05) is 163 Å². The van der Waals surface area contributed by atoms with Crippen molar-refractivity contribution in [1.82, 2.24) is 19.1 Å². The molecule has 4 heterocycles. The molecule has 71 heavy (non-hydrogen) atoms. The van der Waals surface area contributed by atoms with Crippen LogP contribution in [0.4, 0.5) is 0 Å². The molecule has 0 bridgehead atoms. The Morgan fingerprint density at radius 2 is 0.972 bits per heavy atom. The zero-order chi connectivity index (χ0) is 50.9. The first kappa shape index (κ1) is 52.4. The van der Waals surface area contributed by atoms with Crippen LogP contribution in [-0.4, -0.2) is 78.3 Å². The second-order valence-corrected chi connectivity index (χ2v) is 31.7. The molecule has 2 fully saturated rings. The number of rotatable bonds is 16. The van der Waals surface area contributed by atoms with E-state index in [9.17, 15) is 24.1 Å². The molecule has 8 rings (SSSR count). The highest BCUT2D eigenvalue weighted by atomic mass is 32.5. The molecule has 7 atom stereocenters. The van der Waals surface area contributed by atoms with Crippen molar-refractivity contribution in [2.45, 2.75) is 115 Å². The van der Waals surface area contributed by atoms with Gasteiger partial charge in [0.1, 0.15) is 24.7 Å². The maximum atomic E-state index is 13.4. The Kier molecular flexibility index (Phi) is 15.4. The highest BCUT2D eigenvalue weighted by Gasteiger charge is 2.55. The summed E-state index contributed by atoms with van der Waals surface area (Å²) in [5, 5.41) is 3.30. The molecule has 19 heteroatoms. The van der Waals surface area contributed by atoms with Crippen molar-refractivity contribution >= 4 is 55.9 Å². The van der Waals surface area contributed by atoms with E-state index in [1.165, 1.54) is 21.5 Å². The van der Waals surface area contributed by atoms with Crippen LogP contribution in [0.2, 0.25) is 10.1 Å². The van der Waals surface area contributed by atoms with Crippen LogP contribution in [0.5, 0.6) is 0 Å². The second kappa shape index (κ2) is 20.9. The van der Waals surface area contributed by atoms with Crippen molar-refractivity contribution in [2.75, 3.05) is 13.2 Å². The molecule has 3 N–H and O–H groups in total. The van der Waals surface area contributed by atoms with Gasteiger partial charge in [-0.15, -0.1) is 0 Å². The molecule has 0 aliphatic carbocycles. The van der Waals surface area contributed by atoms with Crippen LogP contribution in [0.3, 0.4) is 0 Å². The lowest BCUT2D eigenvalue weighted by Crippen LogP contribution is -2.68. The standard InChI is InChI=1S/C52H63N4O11PSSi2/c1-35-31-55(49(59)53-47(35)57)45-29-41(44(65-45)34-63-70(51(3,4)5,37-21-13-9-14-22-37)38-23-15-10-16-24-38)66-68(61,69)62-33-43-42(30-46(64-43)56-32-36(2)48(58)54-50(56)60)67-71(52(6,7)8,39-25-17-11-18-26-39)40-27-19-12-20-28-40/h9-28,31-32,41-46H,29-30,33-34H2,1-8H3,(H,61,69)(H,53,57,59)(H,54,58,60)/t41-,42-,43+,44+,45+,46+,68-/m0/s1. The highest BCUT2D eigenvalue weighted by Crippen LogP contribution is 2.50. The van der Waals surface area contributed by atoms with Gasteiger partial charge in [0.25, 0.3) is 27.8 Å². The third-order valence-electron chi connectivity index (χ3n) is 13.6. The summed E-state index contributed by atoms with van der Waals surface area (Å²) in [5.74, 6) is 0. The van der Waals surface area contributed by atoms with Gasteiger partial charge in [0.05, 0.1) is 25.4 Å². The SMILES string of the molecule is Cc1cn([C@H]2C[C@H](O[Si](c3ccccc3)(c3ccccc3)C(C)(C)C)[C@@H](CO[P@](O)(=S)O[C@H]3C[C@H](n4cc(C)c(=O)[nH]c4=O)O[C@@H]3CO[Si](c3ccccc3)(c3ccccc3)C(C)(C)C)O2)c(=O)[nH]c1=O. The number of hydrogen-bond acceptors (Lipinski definition) is 11. The molecule has 2 aromatic heterocycles. The largest absolute Gasteiger partial charge is 0.405 e. The summed E-state index contributed by atoms with van der Waals surface area (Å²) in [6, 6.07) is 40.4. The van der Waals surface area contributed by atoms with Gasteiger partial charge in [0.2, 0.25) is 0 Å². The van der Waals surface area contributed by atoms with E-state index in [4.69, 9.17) is 39.2 Å². The molecule has 4 aromatic carbocycles. The van der Waals surface area contributed by atoms with Gasteiger partial charge >= 0.3 is 18.1 Å². The van der Waals surface area contributed by atoms with Gasteiger partial charge in [-0.2, -0.15) is 0 Å². The van der Waals surface area contributed by atoms with Gasteiger partial charge in [-0.25, -0.2) is 9.59 Å². The van der Waals surface area contributed by atoms with E-state index in [0.717, 1.165) is 20.7 Å². The molecule has 6 aromatic rings. The Bertz CT molecular complexity index is 3010. The predicted octanol–water partition coefficient (Wildman–Crippen LogP) is 5.42. The molecule has 2 aliphatic rings. The van der Waals surface area contributed by atoms with Crippen LogP contribution in [0.25, 0.3) is 0 Å². The van der Waals surface area contributed by atoms with Gasteiger partial charge in [0, 0.05) is 36.4 Å². The van der Waals surface area contributed by atoms with Crippen molar-refractivity contribution in [1.29, 1.82) is 0 Å². The Hall–Kier alpha value is -4.96. The van der Waals surface area contributed by atoms with E-state index in [1.54, 1.807) is 13.8 Å². The average molecular weight is 1040 g/mol. The fourth-order valence-corrected chi connectivity index (χ4v) is 20.9. The van der Waals surface area contributed by atoms with Crippen LogP contribution in [0.1, 0.15) is 78.0 Å². The van der Waals surface area contributed by atoms with Crippen molar-refractivity contribution in [3.63, 3.8) is 0 Å². The topological polar surface area (TPSA) is 185 Å². The Morgan fingerprint density at radius 1 is 0.606 bits per heavy atom. The zero-order valence-corrected chi connectivity index (χ0v) is 45.0.